The van der Waals surface area contributed by atoms with Crippen LogP contribution >= 0.6 is 11.3 Å². The van der Waals surface area contributed by atoms with E-state index in [1.807, 2.05) is 11.3 Å². The van der Waals surface area contributed by atoms with Crippen molar-refractivity contribution in [2.75, 3.05) is 0 Å². The van der Waals surface area contributed by atoms with Crippen molar-refractivity contribution in [3.63, 3.8) is 0 Å². The molecule has 0 atom stereocenters. The van der Waals surface area contributed by atoms with Gasteiger partial charge >= 0.3 is 0 Å². The van der Waals surface area contributed by atoms with Gasteiger partial charge in [-0.25, -0.2) is 0 Å². The molecule has 0 saturated carbocycles. The van der Waals surface area contributed by atoms with Crippen LogP contribution in [0.25, 0.3) is 0 Å². The minimum atomic E-state index is 1.10. The first-order valence-electron chi connectivity index (χ1n) is 3.20. The van der Waals surface area contributed by atoms with E-state index in [0.29, 0.717) is 0 Å². The fourth-order valence-electron chi connectivity index (χ4n) is 1.02. The number of thiazole rings is 1. The summed E-state index contributed by atoms with van der Waals surface area (Å²) in [6.07, 6.45) is 0. The van der Waals surface area contributed by atoms with Crippen molar-refractivity contribution in [3.8, 4) is 0 Å². The van der Waals surface area contributed by atoms with Gasteiger partial charge in [-0.3, -0.25) is 0 Å². The van der Waals surface area contributed by atoms with Gasteiger partial charge < -0.3 is 0 Å². The maximum Gasteiger partial charge on any atom is 0.234 e. The average Bonchev–Trinajstić information content (AvgIpc) is 2.12. The van der Waals surface area contributed by atoms with Crippen molar-refractivity contribution in [2.24, 2.45) is 0 Å². The molecular formula is C7H12NS+. The Balaban J connectivity index is 3.07. The molecule has 0 bridgehead atoms. The highest BCUT2D eigenvalue weighted by molar-refractivity contribution is 7.09. The monoisotopic (exact) mass is 142 g/mol. The Kier molecular flexibility index (Phi) is 1.86. The first kappa shape index (κ1) is 6.75. The van der Waals surface area contributed by atoms with Crippen molar-refractivity contribution in [2.45, 2.75) is 27.3 Å². The van der Waals surface area contributed by atoms with E-state index in [-0.39, 0.29) is 0 Å². The van der Waals surface area contributed by atoms with Crippen molar-refractivity contribution in [1.29, 1.82) is 0 Å². The Hall–Kier alpha value is -0.370. The molecule has 1 aromatic heterocycles. The minimum Gasteiger partial charge on any atom is -0.191 e. The van der Waals surface area contributed by atoms with Gasteiger partial charge in [0.1, 0.15) is 6.54 Å². The third kappa shape index (κ3) is 1.13. The SMILES string of the molecule is CC[n+]1c(C)csc1C. The molecule has 0 amide bonds. The second kappa shape index (κ2) is 2.48. The lowest BCUT2D eigenvalue weighted by Gasteiger charge is -1.88. The lowest BCUT2D eigenvalue weighted by Crippen LogP contribution is -2.35. The molecule has 0 aliphatic heterocycles. The number of rotatable bonds is 1. The van der Waals surface area contributed by atoms with Crippen LogP contribution in [-0.4, -0.2) is 0 Å². The van der Waals surface area contributed by atoms with E-state index in [4.69, 9.17) is 0 Å². The molecule has 1 heterocycles. The highest BCUT2D eigenvalue weighted by Gasteiger charge is 2.08. The molecular weight excluding hydrogens is 130 g/mol. The van der Waals surface area contributed by atoms with Crippen molar-refractivity contribution < 1.29 is 4.57 Å². The summed E-state index contributed by atoms with van der Waals surface area (Å²) in [6.45, 7) is 7.57. The van der Waals surface area contributed by atoms with Gasteiger partial charge in [0, 0.05) is 13.8 Å². The summed E-state index contributed by atoms with van der Waals surface area (Å²) < 4.78 is 2.31. The van der Waals surface area contributed by atoms with Crippen LogP contribution in [0.4, 0.5) is 0 Å². The molecule has 0 spiro atoms. The van der Waals surface area contributed by atoms with Crippen molar-refractivity contribution >= 4 is 11.3 Å². The van der Waals surface area contributed by atoms with Crippen molar-refractivity contribution in [1.82, 2.24) is 0 Å². The van der Waals surface area contributed by atoms with Crippen LogP contribution in [-0.2, 0) is 6.54 Å². The average molecular weight is 142 g/mol. The maximum absolute atomic E-state index is 2.31. The van der Waals surface area contributed by atoms with Crippen LogP contribution < -0.4 is 4.57 Å². The number of nitrogens with zero attached hydrogens (tertiary/aromatic N) is 1. The first-order valence-corrected chi connectivity index (χ1v) is 4.08. The van der Waals surface area contributed by atoms with E-state index < -0.39 is 0 Å². The molecule has 0 fully saturated rings. The van der Waals surface area contributed by atoms with Gasteiger partial charge in [0.15, 0.2) is 5.69 Å². The number of aromatic nitrogens is 1. The topological polar surface area (TPSA) is 3.88 Å². The Bertz CT molecular complexity index is 183. The predicted molar refractivity (Wildman–Crippen MR) is 39.7 cm³/mol. The predicted octanol–water partition coefficient (Wildman–Crippen LogP) is 1.67. The number of hydrogen-bond donors (Lipinski definition) is 0. The van der Waals surface area contributed by atoms with Gasteiger partial charge in [-0.15, -0.1) is 0 Å². The summed E-state index contributed by atoms with van der Waals surface area (Å²) in [4.78, 5) is 0. The van der Waals surface area contributed by atoms with E-state index in [0.717, 1.165) is 6.54 Å². The van der Waals surface area contributed by atoms with Gasteiger partial charge in [-0.2, -0.15) is 4.57 Å². The zero-order chi connectivity index (χ0) is 6.85. The third-order valence-electron chi connectivity index (χ3n) is 1.52. The molecule has 0 unspecified atom stereocenters. The van der Waals surface area contributed by atoms with Crippen LogP contribution in [0.2, 0.25) is 0 Å². The molecule has 0 aromatic carbocycles. The van der Waals surface area contributed by atoms with Gasteiger partial charge in [0.25, 0.3) is 0 Å². The van der Waals surface area contributed by atoms with Gasteiger partial charge in [-0.1, -0.05) is 11.3 Å². The lowest BCUT2D eigenvalue weighted by atomic mass is 10.5. The first-order chi connectivity index (χ1) is 4.25. The van der Waals surface area contributed by atoms with Crippen LogP contribution in [0.15, 0.2) is 5.38 Å². The molecule has 9 heavy (non-hydrogen) atoms. The Morgan fingerprint density at radius 2 is 2.22 bits per heavy atom. The van der Waals surface area contributed by atoms with E-state index in [1.165, 1.54) is 10.7 Å². The third-order valence-corrected chi connectivity index (χ3v) is 2.54. The van der Waals surface area contributed by atoms with Crippen molar-refractivity contribution in [3.05, 3.63) is 16.1 Å². The molecule has 0 aliphatic carbocycles. The summed E-state index contributed by atoms with van der Waals surface area (Å²) in [5.41, 5.74) is 1.38. The quantitative estimate of drug-likeness (QED) is 0.525. The van der Waals surface area contributed by atoms with E-state index in [1.54, 1.807) is 0 Å². The van der Waals surface area contributed by atoms with E-state index in [9.17, 15) is 0 Å². The van der Waals surface area contributed by atoms with Crippen LogP contribution in [0.1, 0.15) is 17.6 Å². The zero-order valence-electron chi connectivity index (χ0n) is 6.14. The van der Waals surface area contributed by atoms with Gasteiger partial charge in [-0.05, 0) is 6.92 Å². The fourth-order valence-corrected chi connectivity index (χ4v) is 1.89. The summed E-state index contributed by atoms with van der Waals surface area (Å²) >= 11 is 1.82. The second-order valence-electron chi connectivity index (χ2n) is 2.14. The van der Waals surface area contributed by atoms with E-state index >= 15 is 0 Å². The molecule has 50 valence electrons. The molecule has 0 N–H and O–H groups in total. The molecule has 0 radical (unpaired) electrons. The number of aryl methyl sites for hydroxylation is 2. The number of hydrogen-bond acceptors (Lipinski definition) is 1. The Labute approximate surface area is 60.0 Å². The minimum absolute atomic E-state index is 1.10. The smallest absolute Gasteiger partial charge is 0.191 e. The Morgan fingerprint density at radius 3 is 2.44 bits per heavy atom. The summed E-state index contributed by atoms with van der Waals surface area (Å²) in [6, 6.07) is 0. The van der Waals surface area contributed by atoms with Crippen LogP contribution in [0.3, 0.4) is 0 Å². The summed E-state index contributed by atoms with van der Waals surface area (Å²) in [5, 5.41) is 3.59. The molecule has 0 aliphatic rings. The molecule has 0 saturated heterocycles. The largest absolute Gasteiger partial charge is 0.234 e. The standard InChI is InChI=1S/C7H12NS/c1-4-8-6(2)5-9-7(8)3/h5H,4H2,1-3H3/q+1. The second-order valence-corrected chi connectivity index (χ2v) is 3.20. The summed E-state index contributed by atoms with van der Waals surface area (Å²) in [5.74, 6) is 0. The fraction of sp³-hybridized carbons (Fsp3) is 0.571. The Morgan fingerprint density at radius 1 is 1.56 bits per heavy atom. The van der Waals surface area contributed by atoms with Gasteiger partial charge in [0.05, 0.1) is 5.38 Å². The lowest BCUT2D eigenvalue weighted by molar-refractivity contribution is -0.700. The van der Waals surface area contributed by atoms with Crippen LogP contribution in [0, 0.1) is 13.8 Å². The van der Waals surface area contributed by atoms with Gasteiger partial charge in [0.2, 0.25) is 5.01 Å². The van der Waals surface area contributed by atoms with Crippen LogP contribution in [0.5, 0.6) is 0 Å². The highest BCUT2D eigenvalue weighted by atomic mass is 32.1. The molecule has 1 nitrogen and oxygen atoms in total. The zero-order valence-corrected chi connectivity index (χ0v) is 6.96. The molecule has 1 aromatic rings. The normalized spacial score (nSPS) is 10.1. The molecule has 1 rings (SSSR count). The summed E-state index contributed by atoms with van der Waals surface area (Å²) in [7, 11) is 0. The highest BCUT2D eigenvalue weighted by Crippen LogP contribution is 2.03. The maximum atomic E-state index is 2.31. The molecule has 2 heteroatoms. The van der Waals surface area contributed by atoms with E-state index in [2.05, 4.69) is 30.7 Å².